The molecule has 2 aromatic carbocycles. The fourth-order valence-corrected chi connectivity index (χ4v) is 2.96. The van der Waals surface area contributed by atoms with Gasteiger partial charge in [0.05, 0.1) is 0 Å². The van der Waals surface area contributed by atoms with E-state index in [0.717, 1.165) is 16.5 Å². The summed E-state index contributed by atoms with van der Waals surface area (Å²) in [6.45, 7) is 8.05. The summed E-state index contributed by atoms with van der Waals surface area (Å²) < 4.78 is 5.56. The van der Waals surface area contributed by atoms with Crippen LogP contribution in [0.2, 0.25) is 5.02 Å². The third-order valence-electron chi connectivity index (χ3n) is 4.45. The molecule has 3 aromatic rings. The summed E-state index contributed by atoms with van der Waals surface area (Å²) in [6.07, 6.45) is 0.222. The molecule has 0 amide bonds. The summed E-state index contributed by atoms with van der Waals surface area (Å²) in [4.78, 5) is 28.2. The second-order valence-electron chi connectivity index (χ2n) is 7.50. The number of esters is 1. The average Bonchev–Trinajstić information content (AvgIpc) is 2.98. The van der Waals surface area contributed by atoms with Gasteiger partial charge in [-0.3, -0.25) is 9.59 Å². The van der Waals surface area contributed by atoms with Gasteiger partial charge in [-0.25, -0.2) is 0 Å². The number of fused-ring (bicyclic) bond motifs is 1. The quantitative estimate of drug-likeness (QED) is 0.466. The van der Waals surface area contributed by atoms with Crippen molar-refractivity contribution >= 4 is 34.3 Å². The Morgan fingerprint density at radius 3 is 2.33 bits per heavy atom. The van der Waals surface area contributed by atoms with Gasteiger partial charge in [0.25, 0.3) is 0 Å². The molecule has 140 valence electrons. The third-order valence-corrected chi connectivity index (χ3v) is 4.71. The molecule has 0 saturated heterocycles. The molecule has 0 spiro atoms. The van der Waals surface area contributed by atoms with E-state index in [4.69, 9.17) is 16.3 Å². The summed E-state index contributed by atoms with van der Waals surface area (Å²) in [5, 5.41) is 1.28. The molecule has 0 saturated carbocycles. The van der Waals surface area contributed by atoms with Crippen LogP contribution in [-0.2, 0) is 10.2 Å². The van der Waals surface area contributed by atoms with E-state index in [-0.39, 0.29) is 35.0 Å². The van der Waals surface area contributed by atoms with Gasteiger partial charge in [-0.1, -0.05) is 45.4 Å². The first-order chi connectivity index (χ1) is 12.7. The van der Waals surface area contributed by atoms with Gasteiger partial charge in [-0.2, -0.15) is 0 Å². The predicted molar refractivity (Wildman–Crippen MR) is 108 cm³/mol. The van der Waals surface area contributed by atoms with Crippen molar-refractivity contribution in [2.75, 3.05) is 0 Å². The number of hydrogen-bond donors (Lipinski definition) is 1. The van der Waals surface area contributed by atoms with Crippen molar-refractivity contribution in [1.82, 2.24) is 4.98 Å². The number of nitrogens with one attached hydrogen (secondary N) is 1. The van der Waals surface area contributed by atoms with Gasteiger partial charge >= 0.3 is 5.97 Å². The maximum atomic E-state index is 13.0. The Bertz CT molecular complexity index is 1010. The highest BCUT2D eigenvalue weighted by atomic mass is 35.5. The lowest BCUT2D eigenvalue weighted by Gasteiger charge is -2.19. The van der Waals surface area contributed by atoms with E-state index >= 15 is 0 Å². The predicted octanol–water partition coefficient (Wildman–Crippen LogP) is 5.67. The number of H-pyrrole nitrogens is 1. The fraction of sp³-hybridized carbons (Fsp3) is 0.273. The fourth-order valence-electron chi connectivity index (χ4n) is 2.83. The van der Waals surface area contributed by atoms with Gasteiger partial charge in [0.1, 0.15) is 5.69 Å². The molecule has 1 N–H and O–H groups in total. The highest BCUT2D eigenvalue weighted by molar-refractivity contribution is 6.30. The third kappa shape index (κ3) is 3.91. The van der Waals surface area contributed by atoms with Gasteiger partial charge in [0.15, 0.2) is 5.75 Å². The number of aromatic amines is 1. The highest BCUT2D eigenvalue weighted by Gasteiger charge is 2.24. The number of carbonyl (C=O) groups is 2. The summed E-state index contributed by atoms with van der Waals surface area (Å²) >= 11 is 5.92. The minimum absolute atomic E-state index is 0.0716. The Morgan fingerprint density at radius 1 is 1.07 bits per heavy atom. The molecule has 0 atom stereocenters. The van der Waals surface area contributed by atoms with E-state index in [1.54, 1.807) is 31.2 Å². The molecule has 0 aliphatic carbocycles. The van der Waals surface area contributed by atoms with E-state index in [1.165, 1.54) is 0 Å². The minimum Gasteiger partial charge on any atom is -0.423 e. The number of carbonyl (C=O) groups excluding carboxylic acids is 2. The zero-order valence-electron chi connectivity index (χ0n) is 15.9. The topological polar surface area (TPSA) is 59.2 Å². The Morgan fingerprint density at radius 2 is 1.74 bits per heavy atom. The molecule has 0 unspecified atom stereocenters. The Kier molecular flexibility index (Phi) is 5.11. The van der Waals surface area contributed by atoms with E-state index in [9.17, 15) is 9.59 Å². The molecule has 4 nitrogen and oxygen atoms in total. The van der Waals surface area contributed by atoms with Crippen LogP contribution in [0.4, 0.5) is 0 Å². The number of hydrogen-bond acceptors (Lipinski definition) is 3. The first-order valence-electron chi connectivity index (χ1n) is 8.88. The number of rotatable bonds is 4. The Hall–Kier alpha value is -2.59. The zero-order valence-corrected chi connectivity index (χ0v) is 16.6. The van der Waals surface area contributed by atoms with E-state index in [0.29, 0.717) is 10.6 Å². The van der Waals surface area contributed by atoms with Gasteiger partial charge in [0, 0.05) is 27.9 Å². The summed E-state index contributed by atoms with van der Waals surface area (Å²) in [6, 6.07) is 12.5. The molecular weight excluding hydrogens is 362 g/mol. The molecule has 0 aliphatic heterocycles. The van der Waals surface area contributed by atoms with Crippen LogP contribution in [0.15, 0.2) is 42.5 Å². The maximum absolute atomic E-state index is 13.0. The first-order valence-corrected chi connectivity index (χ1v) is 9.25. The number of ether oxygens (including phenoxy) is 1. The maximum Gasteiger partial charge on any atom is 0.310 e. The monoisotopic (exact) mass is 383 g/mol. The molecule has 0 radical (unpaired) electrons. The largest absolute Gasteiger partial charge is 0.423 e. The van der Waals surface area contributed by atoms with Crippen molar-refractivity contribution in [2.24, 2.45) is 0 Å². The van der Waals surface area contributed by atoms with Crippen molar-refractivity contribution in [3.63, 3.8) is 0 Å². The van der Waals surface area contributed by atoms with Crippen molar-refractivity contribution in [2.45, 2.75) is 39.5 Å². The molecule has 0 fully saturated rings. The lowest BCUT2D eigenvalue weighted by atomic mass is 9.86. The Balaban J connectivity index is 2.18. The summed E-state index contributed by atoms with van der Waals surface area (Å²) in [5.41, 5.74) is 2.50. The number of ketones is 1. The molecular formula is C22H22ClNO3. The van der Waals surface area contributed by atoms with Crippen molar-refractivity contribution in [3.8, 4) is 5.75 Å². The van der Waals surface area contributed by atoms with Gasteiger partial charge in [-0.05, 0) is 47.4 Å². The van der Waals surface area contributed by atoms with Crippen molar-refractivity contribution in [1.29, 1.82) is 0 Å². The highest BCUT2D eigenvalue weighted by Crippen LogP contribution is 2.35. The van der Waals surface area contributed by atoms with Gasteiger partial charge in [-0.15, -0.1) is 0 Å². The molecule has 0 bridgehead atoms. The number of halogens is 1. The molecule has 1 aromatic heterocycles. The van der Waals surface area contributed by atoms with E-state index in [2.05, 4.69) is 25.8 Å². The van der Waals surface area contributed by atoms with E-state index in [1.807, 2.05) is 18.2 Å². The summed E-state index contributed by atoms with van der Waals surface area (Å²) in [5.74, 6) is -0.357. The lowest BCUT2D eigenvalue weighted by molar-refractivity contribution is -0.133. The van der Waals surface area contributed by atoms with Crippen LogP contribution < -0.4 is 4.74 Å². The SMILES string of the molecule is CCC(=O)Oc1c(C(=O)c2ccc(Cl)cc2)[nH]c2ccc(C(C)(C)C)cc12. The normalized spacial score (nSPS) is 11.6. The number of benzene rings is 2. The van der Waals surface area contributed by atoms with Crippen LogP contribution in [0, 0.1) is 0 Å². The van der Waals surface area contributed by atoms with Crippen molar-refractivity contribution in [3.05, 3.63) is 64.3 Å². The zero-order chi connectivity index (χ0) is 19.8. The number of aromatic nitrogens is 1. The molecule has 0 aliphatic rings. The van der Waals surface area contributed by atoms with Crippen molar-refractivity contribution < 1.29 is 14.3 Å². The molecule has 3 rings (SSSR count). The van der Waals surface area contributed by atoms with Gasteiger partial charge in [0.2, 0.25) is 5.78 Å². The second-order valence-corrected chi connectivity index (χ2v) is 7.94. The lowest BCUT2D eigenvalue weighted by Crippen LogP contribution is -2.11. The minimum atomic E-state index is -0.387. The van der Waals surface area contributed by atoms with E-state index < -0.39 is 0 Å². The molecule has 27 heavy (non-hydrogen) atoms. The van der Waals surface area contributed by atoms with Crippen LogP contribution in [-0.4, -0.2) is 16.7 Å². The summed E-state index contributed by atoms with van der Waals surface area (Å²) in [7, 11) is 0. The molecule has 1 heterocycles. The van der Waals surface area contributed by atoms with Crippen LogP contribution in [0.1, 0.15) is 55.7 Å². The van der Waals surface area contributed by atoms with Gasteiger partial charge < -0.3 is 9.72 Å². The second kappa shape index (κ2) is 7.20. The standard InChI is InChI=1S/C22H22ClNO3/c1-5-18(25)27-21-16-12-14(22(2,3)4)8-11-17(16)24-19(21)20(26)13-6-9-15(23)10-7-13/h6-12,24H,5H2,1-4H3. The first kappa shape index (κ1) is 19.2. The van der Waals surface area contributed by atoms with Crippen LogP contribution >= 0.6 is 11.6 Å². The van der Waals surface area contributed by atoms with Crippen LogP contribution in [0.25, 0.3) is 10.9 Å². The average molecular weight is 384 g/mol. The Labute approximate surface area is 163 Å². The van der Waals surface area contributed by atoms with Crippen LogP contribution in [0.3, 0.4) is 0 Å². The smallest absolute Gasteiger partial charge is 0.310 e. The molecule has 5 heteroatoms. The van der Waals surface area contributed by atoms with Crippen LogP contribution in [0.5, 0.6) is 5.75 Å².